The van der Waals surface area contributed by atoms with E-state index in [-0.39, 0.29) is 5.91 Å². The van der Waals surface area contributed by atoms with Crippen molar-refractivity contribution in [3.8, 4) is 0 Å². The highest BCUT2D eigenvalue weighted by molar-refractivity contribution is 7.98. The van der Waals surface area contributed by atoms with Crippen LogP contribution >= 0.6 is 11.8 Å². The lowest BCUT2D eigenvalue weighted by atomic mass is 10.1. The van der Waals surface area contributed by atoms with Crippen LogP contribution in [0.25, 0.3) is 0 Å². The molecule has 1 amide bonds. The fourth-order valence-corrected chi connectivity index (χ4v) is 4.31. The monoisotopic (exact) mass is 427 g/mol. The van der Waals surface area contributed by atoms with Crippen LogP contribution in [0.3, 0.4) is 0 Å². The number of rotatable bonds is 10. The van der Waals surface area contributed by atoms with Gasteiger partial charge in [-0.3, -0.25) is 14.6 Å². The number of hydrogen-bond donors (Lipinski definition) is 1. The summed E-state index contributed by atoms with van der Waals surface area (Å²) in [7, 11) is 0. The molecule has 162 valence electrons. The second-order valence-corrected chi connectivity index (χ2v) is 8.56. The molecule has 1 heterocycles. The summed E-state index contributed by atoms with van der Waals surface area (Å²) in [6.07, 6.45) is 2.50. The molecule has 5 nitrogen and oxygen atoms in total. The topological polar surface area (TPSA) is 44.8 Å². The van der Waals surface area contributed by atoms with Crippen molar-refractivity contribution in [3.05, 3.63) is 60.2 Å². The summed E-state index contributed by atoms with van der Waals surface area (Å²) in [4.78, 5) is 18.6. The molecule has 2 aromatic carbocycles. The maximum atomic E-state index is 12.7. The Kier molecular flexibility index (Phi) is 9.21. The maximum Gasteiger partial charge on any atom is 0.225 e. The van der Waals surface area contributed by atoms with Gasteiger partial charge in [0, 0.05) is 50.1 Å². The number of thioether (sulfide) groups is 1. The molecule has 0 radical (unpaired) electrons. The molecule has 0 spiro atoms. The maximum absolute atomic E-state index is 12.7. The minimum absolute atomic E-state index is 0.0631. The summed E-state index contributed by atoms with van der Waals surface area (Å²) in [5, 5.41) is 3.09. The Balaban J connectivity index is 1.60. The van der Waals surface area contributed by atoms with E-state index in [1.54, 1.807) is 11.8 Å². The summed E-state index contributed by atoms with van der Waals surface area (Å²) < 4.78 is 5.48. The fourth-order valence-electron chi connectivity index (χ4n) is 3.75. The average Bonchev–Trinajstić information content (AvgIpc) is 2.78. The molecule has 0 aliphatic carbocycles. The molecular formula is C24H33N3O2S. The summed E-state index contributed by atoms with van der Waals surface area (Å²) in [6, 6.07) is 18.8. The van der Waals surface area contributed by atoms with Gasteiger partial charge in [0.25, 0.3) is 0 Å². The predicted molar refractivity (Wildman–Crippen MR) is 125 cm³/mol. The number of carbonyl (C=O) groups is 1. The molecule has 30 heavy (non-hydrogen) atoms. The second kappa shape index (κ2) is 12.1. The van der Waals surface area contributed by atoms with E-state index in [1.165, 1.54) is 5.56 Å². The second-order valence-electron chi connectivity index (χ2n) is 7.72. The van der Waals surface area contributed by atoms with Gasteiger partial charge in [-0.15, -0.1) is 11.8 Å². The third-order valence-corrected chi connectivity index (χ3v) is 6.28. The van der Waals surface area contributed by atoms with Crippen LogP contribution in [0.1, 0.15) is 18.9 Å². The molecule has 1 aliphatic rings. The van der Waals surface area contributed by atoms with E-state index in [9.17, 15) is 4.79 Å². The summed E-state index contributed by atoms with van der Waals surface area (Å²) in [5.41, 5.74) is 2.17. The number of nitrogens with one attached hydrogen (secondary N) is 1. The predicted octanol–water partition coefficient (Wildman–Crippen LogP) is 3.96. The highest BCUT2D eigenvalue weighted by Crippen LogP contribution is 2.24. The van der Waals surface area contributed by atoms with Crippen LogP contribution in [-0.4, -0.2) is 67.4 Å². The van der Waals surface area contributed by atoms with Crippen molar-refractivity contribution in [1.29, 1.82) is 0 Å². The largest absolute Gasteiger partial charge is 0.379 e. The first-order chi connectivity index (χ1) is 14.7. The normalized spacial score (nSPS) is 15.8. The molecule has 3 rings (SSSR count). The lowest BCUT2D eigenvalue weighted by Crippen LogP contribution is -2.46. The van der Waals surface area contributed by atoms with E-state index < -0.39 is 0 Å². The Bertz CT molecular complexity index is 781. The lowest BCUT2D eigenvalue weighted by molar-refractivity contribution is -0.116. The molecule has 1 atom stereocenters. The van der Waals surface area contributed by atoms with Crippen molar-refractivity contribution in [3.63, 3.8) is 0 Å². The number of anilines is 1. The van der Waals surface area contributed by atoms with E-state index in [2.05, 4.69) is 46.3 Å². The Morgan fingerprint density at radius 1 is 1.13 bits per heavy atom. The van der Waals surface area contributed by atoms with E-state index in [4.69, 9.17) is 4.74 Å². The quantitative estimate of drug-likeness (QED) is 0.582. The first-order valence-electron chi connectivity index (χ1n) is 10.7. The fraction of sp³-hybridized carbons (Fsp3) is 0.458. The number of ether oxygens (including phenoxy) is 1. The first-order valence-corrected chi connectivity index (χ1v) is 11.9. The zero-order chi connectivity index (χ0) is 21.2. The Morgan fingerprint density at radius 2 is 1.83 bits per heavy atom. The number of morpholine rings is 1. The van der Waals surface area contributed by atoms with Gasteiger partial charge in [-0.2, -0.15) is 0 Å². The SMILES string of the molecule is CSc1ccccc1NC(=O)CCN(Cc1ccccc1)C(C)CN1CCOCC1. The van der Waals surface area contributed by atoms with Gasteiger partial charge in [0.15, 0.2) is 0 Å². The number of para-hydroxylation sites is 1. The lowest BCUT2D eigenvalue weighted by Gasteiger charge is -2.35. The van der Waals surface area contributed by atoms with Gasteiger partial charge >= 0.3 is 0 Å². The average molecular weight is 428 g/mol. The third kappa shape index (κ3) is 7.13. The molecule has 1 saturated heterocycles. The van der Waals surface area contributed by atoms with Crippen molar-refractivity contribution in [2.75, 3.05) is 51.0 Å². The minimum atomic E-state index is 0.0631. The van der Waals surface area contributed by atoms with Crippen LogP contribution < -0.4 is 5.32 Å². The molecular weight excluding hydrogens is 394 g/mol. The molecule has 0 saturated carbocycles. The van der Waals surface area contributed by atoms with Crippen molar-refractivity contribution < 1.29 is 9.53 Å². The van der Waals surface area contributed by atoms with Gasteiger partial charge in [-0.05, 0) is 30.9 Å². The summed E-state index contributed by atoms with van der Waals surface area (Å²) >= 11 is 1.65. The Labute approximate surface area is 184 Å². The molecule has 1 unspecified atom stereocenters. The van der Waals surface area contributed by atoms with Crippen molar-refractivity contribution in [2.24, 2.45) is 0 Å². The van der Waals surface area contributed by atoms with Crippen molar-refractivity contribution >= 4 is 23.4 Å². The minimum Gasteiger partial charge on any atom is -0.379 e. The van der Waals surface area contributed by atoms with Crippen LogP contribution in [0.5, 0.6) is 0 Å². The van der Waals surface area contributed by atoms with Crippen LogP contribution in [0, 0.1) is 0 Å². The zero-order valence-electron chi connectivity index (χ0n) is 18.0. The van der Waals surface area contributed by atoms with E-state index >= 15 is 0 Å². The van der Waals surface area contributed by atoms with E-state index in [0.717, 1.165) is 56.5 Å². The number of carbonyl (C=O) groups excluding carboxylic acids is 1. The van der Waals surface area contributed by atoms with Crippen LogP contribution in [0.2, 0.25) is 0 Å². The molecule has 1 fully saturated rings. The van der Waals surface area contributed by atoms with Gasteiger partial charge in [0.05, 0.1) is 18.9 Å². The van der Waals surface area contributed by atoms with Crippen LogP contribution in [-0.2, 0) is 16.1 Å². The number of benzene rings is 2. The number of amides is 1. The summed E-state index contributed by atoms with van der Waals surface area (Å²) in [5.74, 6) is 0.0631. The van der Waals surface area contributed by atoms with Crippen molar-refractivity contribution in [1.82, 2.24) is 9.80 Å². The molecule has 0 aromatic heterocycles. The molecule has 1 aliphatic heterocycles. The van der Waals surface area contributed by atoms with Crippen LogP contribution in [0.4, 0.5) is 5.69 Å². The molecule has 0 bridgehead atoms. The van der Waals surface area contributed by atoms with Gasteiger partial charge in [0.1, 0.15) is 0 Å². The zero-order valence-corrected chi connectivity index (χ0v) is 18.9. The van der Waals surface area contributed by atoms with E-state index in [1.807, 2.05) is 36.6 Å². The third-order valence-electron chi connectivity index (χ3n) is 5.49. The highest BCUT2D eigenvalue weighted by Gasteiger charge is 2.20. The van der Waals surface area contributed by atoms with Gasteiger partial charge < -0.3 is 10.1 Å². The molecule has 6 heteroatoms. The summed E-state index contributed by atoms with van der Waals surface area (Å²) in [6.45, 7) is 8.41. The van der Waals surface area contributed by atoms with Crippen LogP contribution in [0.15, 0.2) is 59.5 Å². The molecule has 2 aromatic rings. The van der Waals surface area contributed by atoms with Gasteiger partial charge in [-0.1, -0.05) is 42.5 Å². The van der Waals surface area contributed by atoms with Gasteiger partial charge in [-0.25, -0.2) is 0 Å². The Hall–Kier alpha value is -1.86. The van der Waals surface area contributed by atoms with Crippen molar-refractivity contribution in [2.45, 2.75) is 30.8 Å². The smallest absolute Gasteiger partial charge is 0.225 e. The number of hydrogen-bond acceptors (Lipinski definition) is 5. The first kappa shape index (κ1) is 22.8. The molecule has 1 N–H and O–H groups in total. The highest BCUT2D eigenvalue weighted by atomic mass is 32.2. The Morgan fingerprint density at radius 3 is 2.57 bits per heavy atom. The van der Waals surface area contributed by atoms with Gasteiger partial charge in [0.2, 0.25) is 5.91 Å². The van der Waals surface area contributed by atoms with E-state index in [0.29, 0.717) is 12.5 Å². The number of nitrogens with zero attached hydrogens (tertiary/aromatic N) is 2. The standard InChI is InChI=1S/C24H33N3O2S/c1-20(18-26-14-16-29-17-15-26)27(19-21-8-4-3-5-9-21)13-12-24(28)25-22-10-6-7-11-23(22)30-2/h3-11,20H,12-19H2,1-2H3,(H,25,28).